The Hall–Kier alpha value is -0.280. The van der Waals surface area contributed by atoms with Gasteiger partial charge >= 0.3 is 0 Å². The van der Waals surface area contributed by atoms with Crippen molar-refractivity contribution in [1.82, 2.24) is 5.32 Å². The van der Waals surface area contributed by atoms with Crippen molar-refractivity contribution in [2.24, 2.45) is 5.92 Å². The Bertz CT molecular complexity index is 304. The van der Waals surface area contributed by atoms with Gasteiger partial charge in [-0.2, -0.15) is 0 Å². The van der Waals surface area contributed by atoms with Gasteiger partial charge in [0.15, 0.2) is 4.67 Å². The molecule has 0 aliphatic heterocycles. The van der Waals surface area contributed by atoms with E-state index in [4.69, 9.17) is 4.42 Å². The van der Waals surface area contributed by atoms with Gasteiger partial charge in [0.05, 0.1) is 6.54 Å². The predicted octanol–water partition coefficient (Wildman–Crippen LogP) is 3.71. The number of hydrogen-bond acceptors (Lipinski definition) is 2. The summed E-state index contributed by atoms with van der Waals surface area (Å²) in [4.78, 5) is 0. The zero-order valence-corrected chi connectivity index (χ0v) is 10.7. The minimum absolute atomic E-state index is 0.608. The highest BCUT2D eigenvalue weighted by Gasteiger charge is 2.21. The van der Waals surface area contributed by atoms with Crippen LogP contribution >= 0.6 is 15.9 Å². The van der Waals surface area contributed by atoms with E-state index in [-0.39, 0.29) is 0 Å². The first kappa shape index (κ1) is 11.2. The van der Waals surface area contributed by atoms with Crippen LogP contribution in [0.2, 0.25) is 0 Å². The molecule has 15 heavy (non-hydrogen) atoms. The van der Waals surface area contributed by atoms with Gasteiger partial charge < -0.3 is 9.73 Å². The van der Waals surface area contributed by atoms with Crippen molar-refractivity contribution in [2.45, 2.75) is 45.2 Å². The maximum atomic E-state index is 5.45. The molecule has 0 saturated heterocycles. The first-order valence-corrected chi connectivity index (χ1v) is 6.52. The first-order chi connectivity index (χ1) is 7.25. The molecule has 0 aromatic carbocycles. The van der Waals surface area contributed by atoms with Gasteiger partial charge in [-0.1, -0.05) is 12.8 Å². The Balaban J connectivity index is 1.77. The van der Waals surface area contributed by atoms with Crippen LogP contribution in [0.25, 0.3) is 0 Å². The van der Waals surface area contributed by atoms with E-state index < -0.39 is 0 Å². The van der Waals surface area contributed by atoms with E-state index in [9.17, 15) is 0 Å². The van der Waals surface area contributed by atoms with Crippen molar-refractivity contribution in [3.05, 3.63) is 22.6 Å². The molecule has 84 valence electrons. The molecule has 2 rings (SSSR count). The molecule has 1 saturated carbocycles. The summed E-state index contributed by atoms with van der Waals surface area (Å²) in [6.45, 7) is 3.12. The standard InChI is InChI=1S/C12H18BrNO/c1-9(10-4-2-3-5-10)14-8-11-6-7-12(13)15-11/h6-7,9-10,14H,2-5,8H2,1H3/t9-/m0/s1. The van der Waals surface area contributed by atoms with Gasteiger partial charge in [-0.3, -0.25) is 0 Å². The second-order valence-corrected chi connectivity index (χ2v) is 5.20. The third kappa shape index (κ3) is 3.08. The number of nitrogens with one attached hydrogen (secondary N) is 1. The second kappa shape index (κ2) is 5.17. The second-order valence-electron chi connectivity index (χ2n) is 4.42. The van der Waals surface area contributed by atoms with E-state index >= 15 is 0 Å². The topological polar surface area (TPSA) is 25.2 Å². The molecule has 1 aromatic rings. The molecule has 0 radical (unpaired) electrons. The lowest BCUT2D eigenvalue weighted by molar-refractivity contribution is 0.360. The normalized spacial score (nSPS) is 19.6. The largest absolute Gasteiger partial charge is 0.453 e. The van der Waals surface area contributed by atoms with Gasteiger partial charge in [0, 0.05) is 6.04 Å². The number of rotatable bonds is 4. The average Bonchev–Trinajstić information content (AvgIpc) is 2.84. The molecule has 0 bridgehead atoms. The minimum atomic E-state index is 0.608. The summed E-state index contributed by atoms with van der Waals surface area (Å²) in [6.07, 6.45) is 5.58. The molecule has 1 heterocycles. The summed E-state index contributed by atoms with van der Waals surface area (Å²) in [5.41, 5.74) is 0. The van der Waals surface area contributed by atoms with Crippen LogP contribution in [0.15, 0.2) is 21.2 Å². The van der Waals surface area contributed by atoms with Crippen LogP contribution in [-0.2, 0) is 6.54 Å². The quantitative estimate of drug-likeness (QED) is 0.903. The maximum Gasteiger partial charge on any atom is 0.169 e. The fraction of sp³-hybridized carbons (Fsp3) is 0.667. The van der Waals surface area contributed by atoms with Gasteiger partial charge in [-0.05, 0) is 53.7 Å². The van der Waals surface area contributed by atoms with Crippen molar-refractivity contribution in [2.75, 3.05) is 0 Å². The van der Waals surface area contributed by atoms with Crippen LogP contribution < -0.4 is 5.32 Å². The van der Waals surface area contributed by atoms with E-state index in [1.165, 1.54) is 25.7 Å². The molecule has 0 amide bonds. The zero-order chi connectivity index (χ0) is 10.7. The van der Waals surface area contributed by atoms with Gasteiger partial charge in [-0.25, -0.2) is 0 Å². The van der Waals surface area contributed by atoms with Crippen molar-refractivity contribution in [1.29, 1.82) is 0 Å². The van der Waals surface area contributed by atoms with E-state index in [0.29, 0.717) is 6.04 Å². The summed E-state index contributed by atoms with van der Waals surface area (Å²) in [6, 6.07) is 4.56. The minimum Gasteiger partial charge on any atom is -0.453 e. The van der Waals surface area contributed by atoms with Crippen LogP contribution in [0.5, 0.6) is 0 Å². The van der Waals surface area contributed by atoms with Crippen molar-refractivity contribution in [3.63, 3.8) is 0 Å². The lowest BCUT2D eigenvalue weighted by Gasteiger charge is -2.19. The fourth-order valence-corrected chi connectivity index (χ4v) is 2.67. The van der Waals surface area contributed by atoms with Gasteiger partial charge in [0.25, 0.3) is 0 Å². The third-order valence-electron chi connectivity index (χ3n) is 3.33. The smallest absolute Gasteiger partial charge is 0.169 e. The lowest BCUT2D eigenvalue weighted by atomic mass is 10.00. The highest BCUT2D eigenvalue weighted by Crippen LogP contribution is 2.27. The van der Waals surface area contributed by atoms with Crippen LogP contribution in [-0.4, -0.2) is 6.04 Å². The molecule has 1 aromatic heterocycles. The Kier molecular flexibility index (Phi) is 3.87. The summed E-state index contributed by atoms with van der Waals surface area (Å²) in [5, 5.41) is 3.54. The zero-order valence-electron chi connectivity index (χ0n) is 9.13. The molecule has 1 aliphatic carbocycles. The summed E-state index contributed by atoms with van der Waals surface area (Å²) in [7, 11) is 0. The summed E-state index contributed by atoms with van der Waals surface area (Å²) in [5.74, 6) is 1.87. The van der Waals surface area contributed by atoms with E-state index in [2.05, 4.69) is 28.2 Å². The Morgan fingerprint density at radius 3 is 2.80 bits per heavy atom. The molecular weight excluding hydrogens is 254 g/mol. The molecule has 0 unspecified atom stereocenters. The highest BCUT2D eigenvalue weighted by molar-refractivity contribution is 9.10. The van der Waals surface area contributed by atoms with E-state index in [1.807, 2.05) is 12.1 Å². The third-order valence-corrected chi connectivity index (χ3v) is 3.76. The summed E-state index contributed by atoms with van der Waals surface area (Å²) >= 11 is 3.31. The molecule has 1 N–H and O–H groups in total. The Morgan fingerprint density at radius 1 is 1.47 bits per heavy atom. The predicted molar refractivity (Wildman–Crippen MR) is 64.7 cm³/mol. The van der Waals surface area contributed by atoms with Crippen LogP contribution in [0.4, 0.5) is 0 Å². The van der Waals surface area contributed by atoms with Gasteiger partial charge in [0.2, 0.25) is 0 Å². The first-order valence-electron chi connectivity index (χ1n) is 5.73. The molecule has 1 fully saturated rings. The SMILES string of the molecule is C[C@H](NCc1ccc(Br)o1)C1CCCC1. The number of halogens is 1. The van der Waals surface area contributed by atoms with Crippen LogP contribution in [0.1, 0.15) is 38.4 Å². The average molecular weight is 272 g/mol. The highest BCUT2D eigenvalue weighted by atomic mass is 79.9. The molecule has 0 spiro atoms. The molecule has 2 nitrogen and oxygen atoms in total. The lowest BCUT2D eigenvalue weighted by Crippen LogP contribution is -2.31. The number of hydrogen-bond donors (Lipinski definition) is 1. The molecular formula is C12H18BrNO. The Morgan fingerprint density at radius 2 is 2.20 bits per heavy atom. The van der Waals surface area contributed by atoms with Gasteiger partial charge in [-0.15, -0.1) is 0 Å². The van der Waals surface area contributed by atoms with Crippen LogP contribution in [0.3, 0.4) is 0 Å². The van der Waals surface area contributed by atoms with E-state index in [0.717, 1.165) is 22.9 Å². The molecule has 1 atom stereocenters. The maximum absolute atomic E-state index is 5.45. The van der Waals surface area contributed by atoms with E-state index in [1.54, 1.807) is 0 Å². The summed E-state index contributed by atoms with van der Waals surface area (Å²) < 4.78 is 6.26. The van der Waals surface area contributed by atoms with Crippen molar-refractivity contribution >= 4 is 15.9 Å². The van der Waals surface area contributed by atoms with Crippen LogP contribution in [0, 0.1) is 5.92 Å². The Labute approximate surface area is 99.6 Å². The number of furan rings is 1. The van der Waals surface area contributed by atoms with Gasteiger partial charge in [0.1, 0.15) is 5.76 Å². The van der Waals surface area contributed by atoms with Crippen molar-refractivity contribution in [3.8, 4) is 0 Å². The fourth-order valence-electron chi connectivity index (χ4n) is 2.33. The molecule has 1 aliphatic rings. The van der Waals surface area contributed by atoms with Crippen molar-refractivity contribution < 1.29 is 4.42 Å². The molecule has 3 heteroatoms. The monoisotopic (exact) mass is 271 g/mol.